The van der Waals surface area contributed by atoms with Crippen LogP contribution in [-0.2, 0) is 0 Å². The number of hydrogen-bond donors (Lipinski definition) is 0. The number of piperazine rings is 1. The highest BCUT2D eigenvalue weighted by molar-refractivity contribution is 5.95. The quantitative estimate of drug-likeness (QED) is 0.563. The molecule has 6 heteroatoms. The Labute approximate surface area is 216 Å². The summed E-state index contributed by atoms with van der Waals surface area (Å²) in [5.41, 5.74) is 4.02. The number of aromatic nitrogens is 1. The highest BCUT2D eigenvalue weighted by Gasteiger charge is 2.30. The number of amides is 1. The average Bonchev–Trinajstić information content (AvgIpc) is 2.94. The van der Waals surface area contributed by atoms with E-state index in [4.69, 9.17) is 9.72 Å². The first-order valence-electron chi connectivity index (χ1n) is 14.0. The van der Waals surface area contributed by atoms with Crippen LogP contribution in [0, 0.1) is 12.8 Å². The molecule has 1 amide bonds. The number of carbonyl (C=O) groups is 1. The molecule has 0 bridgehead atoms. The van der Waals surface area contributed by atoms with Gasteiger partial charge in [-0.25, -0.2) is 0 Å². The molecule has 0 atom stereocenters. The van der Waals surface area contributed by atoms with E-state index in [2.05, 4.69) is 21.9 Å². The molecular formula is C30H42N4O2. The average molecular weight is 491 g/mol. The van der Waals surface area contributed by atoms with Gasteiger partial charge in [-0.05, 0) is 75.9 Å². The van der Waals surface area contributed by atoms with Crippen molar-refractivity contribution < 1.29 is 9.53 Å². The molecule has 0 N–H and O–H groups in total. The number of hydrogen-bond acceptors (Lipinski definition) is 5. The summed E-state index contributed by atoms with van der Waals surface area (Å²) >= 11 is 0. The number of benzene rings is 1. The molecular weight excluding hydrogens is 448 g/mol. The van der Waals surface area contributed by atoms with Gasteiger partial charge in [0.15, 0.2) is 0 Å². The topological polar surface area (TPSA) is 48.9 Å². The van der Waals surface area contributed by atoms with Gasteiger partial charge in [0.05, 0.1) is 18.4 Å². The highest BCUT2D eigenvalue weighted by Crippen LogP contribution is 2.32. The third-order valence-corrected chi connectivity index (χ3v) is 8.50. The van der Waals surface area contributed by atoms with Crippen LogP contribution in [0.5, 0.6) is 5.75 Å². The minimum absolute atomic E-state index is 0.146. The Kier molecular flexibility index (Phi) is 8.10. The lowest BCUT2D eigenvalue weighted by Crippen LogP contribution is -2.49. The molecule has 36 heavy (non-hydrogen) atoms. The second-order valence-electron chi connectivity index (χ2n) is 10.9. The Hall–Kier alpha value is -2.60. The van der Waals surface area contributed by atoms with Crippen molar-refractivity contribution in [2.75, 3.05) is 57.8 Å². The molecule has 2 aromatic rings. The molecule has 1 aromatic carbocycles. The van der Waals surface area contributed by atoms with E-state index < -0.39 is 0 Å². The molecule has 2 saturated heterocycles. The van der Waals surface area contributed by atoms with Gasteiger partial charge in [-0.1, -0.05) is 25.3 Å². The molecule has 2 aliphatic heterocycles. The van der Waals surface area contributed by atoms with Gasteiger partial charge in [-0.2, -0.15) is 0 Å². The summed E-state index contributed by atoms with van der Waals surface area (Å²) in [5.74, 6) is 2.28. The van der Waals surface area contributed by atoms with E-state index in [0.717, 1.165) is 86.4 Å². The Morgan fingerprint density at radius 1 is 0.944 bits per heavy atom. The van der Waals surface area contributed by atoms with Crippen molar-refractivity contribution in [3.8, 4) is 5.75 Å². The van der Waals surface area contributed by atoms with Gasteiger partial charge in [-0.3, -0.25) is 9.78 Å². The third kappa shape index (κ3) is 5.86. The summed E-state index contributed by atoms with van der Waals surface area (Å²) in [6.07, 6.45) is 9.26. The number of piperidine rings is 1. The van der Waals surface area contributed by atoms with Crippen LogP contribution in [0.1, 0.15) is 72.6 Å². The fourth-order valence-corrected chi connectivity index (χ4v) is 6.34. The largest absolute Gasteiger partial charge is 0.497 e. The SMILES string of the molecule is COc1cccc(N2CCN(C(=O)c3ccc(C)nc3C3CCN(CC4CCCCC4)CC3)CC2)c1. The number of ether oxygens (including phenoxy) is 1. The van der Waals surface area contributed by atoms with E-state index in [0.29, 0.717) is 5.92 Å². The first-order valence-corrected chi connectivity index (χ1v) is 14.0. The summed E-state index contributed by atoms with van der Waals surface area (Å²) in [5, 5.41) is 0. The van der Waals surface area contributed by atoms with Crippen molar-refractivity contribution >= 4 is 11.6 Å². The molecule has 194 valence electrons. The molecule has 5 rings (SSSR count). The third-order valence-electron chi connectivity index (χ3n) is 8.50. The second kappa shape index (κ2) is 11.6. The van der Waals surface area contributed by atoms with Crippen molar-refractivity contribution in [3.63, 3.8) is 0 Å². The van der Waals surface area contributed by atoms with Gasteiger partial charge in [0.25, 0.3) is 5.91 Å². The van der Waals surface area contributed by atoms with Gasteiger partial charge in [0.1, 0.15) is 5.75 Å². The molecule has 0 unspecified atom stereocenters. The molecule has 3 fully saturated rings. The first kappa shape index (κ1) is 25.1. The van der Waals surface area contributed by atoms with Gasteiger partial charge >= 0.3 is 0 Å². The summed E-state index contributed by atoms with van der Waals surface area (Å²) in [7, 11) is 1.70. The molecule has 0 spiro atoms. The molecule has 0 radical (unpaired) electrons. The van der Waals surface area contributed by atoms with E-state index in [1.54, 1.807) is 7.11 Å². The summed E-state index contributed by atoms with van der Waals surface area (Å²) < 4.78 is 5.39. The van der Waals surface area contributed by atoms with E-state index in [1.807, 2.05) is 36.1 Å². The Balaban J connectivity index is 1.21. The van der Waals surface area contributed by atoms with Gasteiger partial charge in [0, 0.05) is 56.1 Å². The number of nitrogens with zero attached hydrogens (tertiary/aromatic N) is 4. The zero-order valence-electron chi connectivity index (χ0n) is 22.1. The van der Waals surface area contributed by atoms with E-state index in [1.165, 1.54) is 38.6 Å². The maximum Gasteiger partial charge on any atom is 0.255 e. The summed E-state index contributed by atoms with van der Waals surface area (Å²) in [6.45, 7) is 8.67. The minimum Gasteiger partial charge on any atom is -0.497 e. The molecule has 1 aromatic heterocycles. The summed E-state index contributed by atoms with van der Waals surface area (Å²) in [6, 6.07) is 12.2. The van der Waals surface area contributed by atoms with Gasteiger partial charge < -0.3 is 19.4 Å². The number of methoxy groups -OCH3 is 1. The number of carbonyl (C=O) groups excluding carboxylic acids is 1. The normalized spacial score (nSPS) is 20.5. The maximum atomic E-state index is 13.7. The van der Waals surface area contributed by atoms with Crippen molar-refractivity contribution in [2.24, 2.45) is 5.92 Å². The Morgan fingerprint density at radius 3 is 2.42 bits per heavy atom. The van der Waals surface area contributed by atoms with Crippen LogP contribution in [0.2, 0.25) is 0 Å². The van der Waals surface area contributed by atoms with Crippen LogP contribution >= 0.6 is 0 Å². The van der Waals surface area contributed by atoms with Crippen molar-refractivity contribution in [2.45, 2.75) is 57.8 Å². The van der Waals surface area contributed by atoms with Crippen LogP contribution in [-0.4, -0.2) is 73.6 Å². The standard InChI is InChI=1S/C30H42N4O2/c1-23-11-12-28(29(31-23)25-13-15-32(16-14-25)22-24-7-4-3-5-8-24)30(35)34-19-17-33(18-20-34)26-9-6-10-27(21-26)36-2/h6,9-12,21,24-25H,3-5,7-8,13-20,22H2,1-2H3. The molecule has 6 nitrogen and oxygen atoms in total. The van der Waals surface area contributed by atoms with Crippen molar-refractivity contribution in [1.82, 2.24) is 14.8 Å². The van der Waals surface area contributed by atoms with E-state index in [9.17, 15) is 4.79 Å². The number of aryl methyl sites for hydroxylation is 1. The van der Waals surface area contributed by atoms with Crippen LogP contribution in [0.15, 0.2) is 36.4 Å². The number of anilines is 1. The number of rotatable bonds is 6. The number of likely N-dealkylation sites (tertiary alicyclic amines) is 1. The summed E-state index contributed by atoms with van der Waals surface area (Å²) in [4.78, 5) is 25.6. The van der Waals surface area contributed by atoms with Crippen LogP contribution in [0.3, 0.4) is 0 Å². The van der Waals surface area contributed by atoms with Crippen LogP contribution in [0.25, 0.3) is 0 Å². The fraction of sp³-hybridized carbons (Fsp3) is 0.600. The zero-order chi connectivity index (χ0) is 24.9. The molecule has 3 heterocycles. The van der Waals surface area contributed by atoms with E-state index in [-0.39, 0.29) is 5.91 Å². The van der Waals surface area contributed by atoms with Gasteiger partial charge in [0.2, 0.25) is 0 Å². The second-order valence-corrected chi connectivity index (χ2v) is 10.9. The predicted molar refractivity (Wildman–Crippen MR) is 145 cm³/mol. The lowest BCUT2D eigenvalue weighted by molar-refractivity contribution is 0.0743. The molecule has 1 saturated carbocycles. The smallest absolute Gasteiger partial charge is 0.255 e. The fourth-order valence-electron chi connectivity index (χ4n) is 6.34. The predicted octanol–water partition coefficient (Wildman–Crippen LogP) is 5.12. The van der Waals surface area contributed by atoms with Crippen LogP contribution in [0.4, 0.5) is 5.69 Å². The van der Waals surface area contributed by atoms with Gasteiger partial charge in [-0.15, -0.1) is 0 Å². The lowest BCUT2D eigenvalue weighted by atomic mass is 9.86. The monoisotopic (exact) mass is 490 g/mol. The molecule has 1 aliphatic carbocycles. The van der Waals surface area contributed by atoms with Crippen molar-refractivity contribution in [3.05, 3.63) is 53.3 Å². The Bertz CT molecular complexity index is 1020. The molecule has 3 aliphatic rings. The van der Waals surface area contributed by atoms with Crippen LogP contribution < -0.4 is 9.64 Å². The van der Waals surface area contributed by atoms with Crippen molar-refractivity contribution in [1.29, 1.82) is 0 Å². The maximum absolute atomic E-state index is 13.7. The number of pyridine rings is 1. The Morgan fingerprint density at radius 2 is 1.69 bits per heavy atom. The lowest BCUT2D eigenvalue weighted by Gasteiger charge is -2.37. The first-order chi connectivity index (χ1) is 17.6. The highest BCUT2D eigenvalue weighted by atomic mass is 16.5. The van der Waals surface area contributed by atoms with E-state index >= 15 is 0 Å². The zero-order valence-corrected chi connectivity index (χ0v) is 22.1. The minimum atomic E-state index is 0.146.